The third-order valence-corrected chi connectivity index (χ3v) is 3.83. The van der Waals surface area contributed by atoms with E-state index in [9.17, 15) is 18.0 Å². The lowest BCUT2D eigenvalue weighted by atomic mass is 10.1. The minimum absolute atomic E-state index is 0.0830. The number of benzene rings is 2. The molecule has 0 radical (unpaired) electrons. The van der Waals surface area contributed by atoms with Crippen LogP contribution in [0.5, 0.6) is 0 Å². The molecule has 132 valence electrons. The van der Waals surface area contributed by atoms with Gasteiger partial charge in [0.1, 0.15) is 0 Å². The standard InChI is InChI=1S/C20H15F3N2O/c1-14-18(12-5-9-15-7-3-2-4-8-15)19(26)25(24-14)17-11-6-10-16(13-17)20(21,22)23/h2-13H,1H3. The van der Waals surface area contributed by atoms with E-state index < -0.39 is 17.6 Å². The van der Waals surface area contributed by atoms with E-state index in [0.717, 1.165) is 22.7 Å². The van der Waals surface area contributed by atoms with E-state index in [-0.39, 0.29) is 5.69 Å². The van der Waals surface area contributed by atoms with Gasteiger partial charge in [0.15, 0.2) is 0 Å². The van der Waals surface area contributed by atoms with Crippen LogP contribution >= 0.6 is 0 Å². The lowest BCUT2D eigenvalue weighted by molar-refractivity contribution is -0.137. The van der Waals surface area contributed by atoms with Gasteiger partial charge in [-0.3, -0.25) is 4.79 Å². The molecule has 0 aromatic heterocycles. The Bertz CT molecular complexity index is 912. The maximum absolute atomic E-state index is 12.9. The molecule has 0 saturated heterocycles. The van der Waals surface area contributed by atoms with Crippen LogP contribution in [0.3, 0.4) is 0 Å². The maximum Gasteiger partial charge on any atom is 0.416 e. The summed E-state index contributed by atoms with van der Waals surface area (Å²) in [6.45, 7) is 1.65. The molecule has 3 rings (SSSR count). The lowest BCUT2D eigenvalue weighted by Crippen LogP contribution is -2.21. The number of amides is 1. The van der Waals surface area contributed by atoms with Gasteiger partial charge in [0.25, 0.3) is 5.91 Å². The summed E-state index contributed by atoms with van der Waals surface area (Å²) in [5.74, 6) is -0.459. The summed E-state index contributed by atoms with van der Waals surface area (Å²) in [5.41, 5.74) is 1.02. The highest BCUT2D eigenvalue weighted by Gasteiger charge is 2.33. The van der Waals surface area contributed by atoms with Gasteiger partial charge < -0.3 is 0 Å². The van der Waals surface area contributed by atoms with E-state index >= 15 is 0 Å². The molecule has 0 spiro atoms. The monoisotopic (exact) mass is 356 g/mol. The normalized spacial score (nSPS) is 16.6. The van der Waals surface area contributed by atoms with Crippen LogP contribution in [0.1, 0.15) is 18.1 Å². The van der Waals surface area contributed by atoms with Crippen molar-refractivity contribution in [1.82, 2.24) is 0 Å². The molecule has 2 aromatic rings. The van der Waals surface area contributed by atoms with Crippen LogP contribution in [-0.4, -0.2) is 11.6 Å². The number of hydrogen-bond donors (Lipinski definition) is 0. The third-order valence-electron chi connectivity index (χ3n) is 3.83. The Morgan fingerprint density at radius 3 is 2.46 bits per heavy atom. The van der Waals surface area contributed by atoms with Crippen LogP contribution in [0.25, 0.3) is 6.08 Å². The second kappa shape index (κ2) is 7.00. The zero-order valence-corrected chi connectivity index (χ0v) is 13.9. The van der Waals surface area contributed by atoms with Crippen LogP contribution in [0.2, 0.25) is 0 Å². The van der Waals surface area contributed by atoms with E-state index in [2.05, 4.69) is 5.10 Å². The van der Waals surface area contributed by atoms with Crippen molar-refractivity contribution < 1.29 is 18.0 Å². The molecule has 26 heavy (non-hydrogen) atoms. The topological polar surface area (TPSA) is 32.7 Å². The molecule has 0 fully saturated rings. The highest BCUT2D eigenvalue weighted by Crippen LogP contribution is 2.33. The molecule has 0 atom stereocenters. The zero-order chi connectivity index (χ0) is 18.7. The molecule has 0 bridgehead atoms. The smallest absolute Gasteiger partial charge is 0.267 e. The summed E-state index contributed by atoms with van der Waals surface area (Å²) < 4.78 is 38.6. The Morgan fingerprint density at radius 2 is 1.77 bits per heavy atom. The molecule has 3 nitrogen and oxygen atoms in total. The van der Waals surface area contributed by atoms with Crippen LogP contribution in [0.4, 0.5) is 18.9 Å². The van der Waals surface area contributed by atoms with Gasteiger partial charge in [0.05, 0.1) is 22.5 Å². The summed E-state index contributed by atoms with van der Waals surface area (Å²) in [6, 6.07) is 14.1. The molecule has 2 aromatic carbocycles. The zero-order valence-electron chi connectivity index (χ0n) is 13.9. The second-order valence-corrected chi connectivity index (χ2v) is 5.70. The average molecular weight is 356 g/mol. The number of alkyl halides is 3. The van der Waals surface area contributed by atoms with Crippen molar-refractivity contribution in [3.63, 3.8) is 0 Å². The minimum Gasteiger partial charge on any atom is -0.267 e. The molecule has 1 heterocycles. The first-order valence-corrected chi connectivity index (χ1v) is 7.87. The van der Waals surface area contributed by atoms with Crippen molar-refractivity contribution in [3.8, 4) is 0 Å². The predicted molar refractivity (Wildman–Crippen MR) is 95.6 cm³/mol. The number of anilines is 1. The van der Waals surface area contributed by atoms with Crippen molar-refractivity contribution in [2.24, 2.45) is 5.10 Å². The first-order chi connectivity index (χ1) is 12.4. The van der Waals surface area contributed by atoms with E-state index in [1.54, 1.807) is 19.1 Å². The fraction of sp³-hybridized carbons (Fsp3) is 0.100. The molecule has 0 saturated carbocycles. The van der Waals surface area contributed by atoms with Crippen molar-refractivity contribution in [3.05, 3.63) is 83.4 Å². The van der Waals surface area contributed by atoms with Gasteiger partial charge in [-0.05, 0) is 36.8 Å². The van der Waals surface area contributed by atoms with Crippen molar-refractivity contribution in [2.45, 2.75) is 13.1 Å². The number of carbonyl (C=O) groups excluding carboxylic acids is 1. The quantitative estimate of drug-likeness (QED) is 0.707. The number of nitrogens with zero attached hydrogens (tertiary/aromatic N) is 2. The van der Waals surface area contributed by atoms with E-state index in [0.29, 0.717) is 11.3 Å². The first kappa shape index (κ1) is 17.7. The molecule has 0 aliphatic carbocycles. The van der Waals surface area contributed by atoms with Gasteiger partial charge in [0.2, 0.25) is 0 Å². The highest BCUT2D eigenvalue weighted by molar-refractivity contribution is 6.29. The molecule has 1 aliphatic rings. The Hall–Kier alpha value is -3.15. The summed E-state index contributed by atoms with van der Waals surface area (Å²) in [6.07, 6.45) is 0.689. The molecular formula is C20H15F3N2O. The third kappa shape index (κ3) is 3.74. The van der Waals surface area contributed by atoms with Crippen LogP contribution in [-0.2, 0) is 11.0 Å². The number of halogens is 3. The van der Waals surface area contributed by atoms with E-state index in [1.807, 2.05) is 36.4 Å². The first-order valence-electron chi connectivity index (χ1n) is 7.87. The van der Waals surface area contributed by atoms with Crippen molar-refractivity contribution in [2.75, 3.05) is 5.01 Å². The van der Waals surface area contributed by atoms with E-state index in [1.165, 1.54) is 12.1 Å². The van der Waals surface area contributed by atoms with Gasteiger partial charge >= 0.3 is 6.18 Å². The van der Waals surface area contributed by atoms with Gasteiger partial charge in [0, 0.05) is 0 Å². The van der Waals surface area contributed by atoms with Gasteiger partial charge in [-0.15, -0.1) is 0 Å². The second-order valence-electron chi connectivity index (χ2n) is 5.70. The Labute approximate surface area is 148 Å². The highest BCUT2D eigenvalue weighted by atomic mass is 19.4. The Morgan fingerprint density at radius 1 is 1.04 bits per heavy atom. The number of hydrogen-bond acceptors (Lipinski definition) is 2. The van der Waals surface area contributed by atoms with Gasteiger partial charge in [-0.2, -0.15) is 23.3 Å². The number of allylic oxidation sites excluding steroid dienone is 2. The molecular weight excluding hydrogens is 341 g/mol. The molecule has 1 amide bonds. The Balaban J connectivity index is 1.84. The number of carbonyl (C=O) groups is 1. The van der Waals surface area contributed by atoms with E-state index in [4.69, 9.17) is 0 Å². The predicted octanol–water partition coefficient (Wildman–Crippen LogP) is 5.07. The Kier molecular flexibility index (Phi) is 4.75. The van der Waals surface area contributed by atoms with Crippen LogP contribution < -0.4 is 5.01 Å². The van der Waals surface area contributed by atoms with Gasteiger partial charge in [-0.1, -0.05) is 48.6 Å². The summed E-state index contributed by atoms with van der Waals surface area (Å²) >= 11 is 0. The minimum atomic E-state index is -4.48. The van der Waals surface area contributed by atoms with Gasteiger partial charge in [-0.25, -0.2) is 0 Å². The fourth-order valence-electron chi connectivity index (χ4n) is 2.52. The van der Waals surface area contributed by atoms with Crippen molar-refractivity contribution >= 4 is 23.4 Å². The fourth-order valence-corrected chi connectivity index (χ4v) is 2.52. The van der Waals surface area contributed by atoms with Crippen LogP contribution in [0, 0.1) is 0 Å². The largest absolute Gasteiger partial charge is 0.416 e. The summed E-state index contributed by atoms with van der Waals surface area (Å²) in [7, 11) is 0. The van der Waals surface area contributed by atoms with Crippen LogP contribution in [0.15, 0.2) is 77.4 Å². The summed E-state index contributed by atoms with van der Waals surface area (Å²) in [5, 5.41) is 5.09. The summed E-state index contributed by atoms with van der Waals surface area (Å²) in [4.78, 5) is 12.5. The lowest BCUT2D eigenvalue weighted by Gasteiger charge is -2.14. The average Bonchev–Trinajstić information content (AvgIpc) is 2.90. The van der Waals surface area contributed by atoms with Crippen molar-refractivity contribution in [1.29, 1.82) is 0 Å². The number of rotatable bonds is 3. The molecule has 0 unspecified atom stereocenters. The molecule has 6 heteroatoms. The maximum atomic E-state index is 12.9. The SMILES string of the molecule is CC1=NN(c2cccc(C(F)(F)F)c2)C(=O)C1=CC=Cc1ccccc1. The molecule has 0 N–H and O–H groups in total. The molecule has 1 aliphatic heterocycles. The number of hydrazone groups is 1.